The molecule has 0 saturated heterocycles. The number of rotatable bonds is 6. The maximum Gasteiger partial charge on any atom is 0.267 e. The summed E-state index contributed by atoms with van der Waals surface area (Å²) in [5.74, 6) is -0.448. The Bertz CT molecular complexity index is 838. The Morgan fingerprint density at radius 3 is 2.58 bits per heavy atom. The molecule has 0 aliphatic heterocycles. The van der Waals surface area contributed by atoms with E-state index in [1.54, 1.807) is 18.3 Å². The van der Waals surface area contributed by atoms with Crippen LogP contribution in [0.3, 0.4) is 0 Å². The fourth-order valence-electron chi connectivity index (χ4n) is 2.39. The Hall–Kier alpha value is -2.77. The number of benzene rings is 2. The Morgan fingerprint density at radius 1 is 1.27 bits per heavy atom. The van der Waals surface area contributed by atoms with Crippen molar-refractivity contribution in [2.75, 3.05) is 5.32 Å². The van der Waals surface area contributed by atoms with Crippen LogP contribution in [0.2, 0.25) is 5.02 Å². The predicted octanol–water partition coefficient (Wildman–Crippen LogP) is 4.91. The van der Waals surface area contributed by atoms with Crippen LogP contribution in [-0.2, 0) is 11.3 Å². The minimum atomic E-state index is -0.448. The second kappa shape index (κ2) is 9.07. The van der Waals surface area contributed by atoms with E-state index in [1.165, 1.54) is 0 Å². The summed E-state index contributed by atoms with van der Waals surface area (Å²) in [6.07, 6.45) is 1.62. The zero-order chi connectivity index (χ0) is 19.1. The van der Waals surface area contributed by atoms with Crippen LogP contribution >= 0.6 is 11.6 Å². The van der Waals surface area contributed by atoms with Gasteiger partial charge in [-0.3, -0.25) is 4.79 Å². The van der Waals surface area contributed by atoms with Gasteiger partial charge in [0.1, 0.15) is 11.6 Å². The maximum atomic E-state index is 12.5. The molecule has 0 aliphatic rings. The van der Waals surface area contributed by atoms with Crippen LogP contribution in [0.25, 0.3) is 0 Å². The Balaban J connectivity index is 2.21. The van der Waals surface area contributed by atoms with Crippen molar-refractivity contribution < 1.29 is 4.79 Å². The molecular weight excluding hydrogens is 346 g/mol. The highest BCUT2D eigenvalue weighted by Gasteiger charge is 2.15. The first-order chi connectivity index (χ1) is 12.4. The van der Waals surface area contributed by atoms with Gasteiger partial charge in [0.15, 0.2) is 0 Å². The first-order valence-electron chi connectivity index (χ1n) is 8.39. The first kappa shape index (κ1) is 19.6. The number of carbonyl (C=O) groups excluding carboxylic acids is 1. The lowest BCUT2D eigenvalue weighted by atomic mass is 10.1. The summed E-state index contributed by atoms with van der Waals surface area (Å²) in [5.41, 5.74) is 2.64. The molecule has 134 valence electrons. The molecule has 4 nitrogen and oxygen atoms in total. The molecule has 1 amide bonds. The van der Waals surface area contributed by atoms with Crippen molar-refractivity contribution >= 4 is 23.2 Å². The van der Waals surface area contributed by atoms with Crippen molar-refractivity contribution in [3.63, 3.8) is 0 Å². The molecule has 0 bridgehead atoms. The quantitative estimate of drug-likeness (QED) is 0.583. The Kier molecular flexibility index (Phi) is 6.82. The van der Waals surface area contributed by atoms with Crippen molar-refractivity contribution in [3.05, 3.63) is 76.5 Å². The van der Waals surface area contributed by atoms with Crippen molar-refractivity contribution in [2.24, 2.45) is 0 Å². The molecule has 26 heavy (non-hydrogen) atoms. The Labute approximate surface area is 159 Å². The number of carbonyl (C=O) groups is 1. The number of nitriles is 1. The molecule has 0 unspecified atom stereocenters. The molecule has 0 spiro atoms. The number of nitrogens with one attached hydrogen (secondary N) is 1. The lowest BCUT2D eigenvalue weighted by Crippen LogP contribution is -2.27. The predicted molar refractivity (Wildman–Crippen MR) is 106 cm³/mol. The van der Waals surface area contributed by atoms with Crippen LogP contribution in [0, 0.1) is 18.3 Å². The van der Waals surface area contributed by atoms with Crippen LogP contribution in [0.5, 0.6) is 0 Å². The molecule has 0 aromatic heterocycles. The second-order valence-corrected chi connectivity index (χ2v) is 6.76. The fourth-order valence-corrected chi connectivity index (χ4v) is 2.57. The van der Waals surface area contributed by atoms with Gasteiger partial charge < -0.3 is 10.2 Å². The standard InChI is InChI=1S/C21H22ClN3O/c1-15(2)25(13-17-7-5-4-6-8-17)14-18(12-23)21(26)24-20-11-19(22)10-9-16(20)3/h4-11,14-15H,13H2,1-3H3,(H,24,26)/b18-14-. The summed E-state index contributed by atoms with van der Waals surface area (Å²) >= 11 is 5.99. The third-order valence-electron chi connectivity index (χ3n) is 3.98. The van der Waals surface area contributed by atoms with Crippen molar-refractivity contribution in [1.29, 1.82) is 5.26 Å². The van der Waals surface area contributed by atoms with Gasteiger partial charge in [0.25, 0.3) is 5.91 Å². The van der Waals surface area contributed by atoms with Gasteiger partial charge >= 0.3 is 0 Å². The van der Waals surface area contributed by atoms with E-state index in [4.69, 9.17) is 11.6 Å². The van der Waals surface area contributed by atoms with E-state index >= 15 is 0 Å². The van der Waals surface area contributed by atoms with E-state index in [9.17, 15) is 10.1 Å². The number of hydrogen-bond donors (Lipinski definition) is 1. The molecule has 5 heteroatoms. The highest BCUT2D eigenvalue weighted by Crippen LogP contribution is 2.21. The van der Waals surface area contributed by atoms with Gasteiger partial charge in [-0.15, -0.1) is 0 Å². The summed E-state index contributed by atoms with van der Waals surface area (Å²) in [4.78, 5) is 14.5. The third kappa shape index (κ3) is 5.37. The van der Waals surface area contributed by atoms with E-state index < -0.39 is 5.91 Å². The number of anilines is 1. The van der Waals surface area contributed by atoms with E-state index in [1.807, 2.05) is 68.1 Å². The van der Waals surface area contributed by atoms with Crippen molar-refractivity contribution in [2.45, 2.75) is 33.4 Å². The lowest BCUT2D eigenvalue weighted by Gasteiger charge is -2.25. The molecule has 0 saturated carbocycles. The average Bonchev–Trinajstić information content (AvgIpc) is 2.62. The highest BCUT2D eigenvalue weighted by molar-refractivity contribution is 6.31. The molecule has 0 aliphatic carbocycles. The zero-order valence-corrected chi connectivity index (χ0v) is 15.9. The largest absolute Gasteiger partial charge is 0.369 e. The normalized spacial score (nSPS) is 11.2. The molecule has 2 aromatic rings. The van der Waals surface area contributed by atoms with Gasteiger partial charge in [0, 0.05) is 29.5 Å². The van der Waals surface area contributed by atoms with Crippen LogP contribution in [0.4, 0.5) is 5.69 Å². The maximum absolute atomic E-state index is 12.5. The minimum absolute atomic E-state index is 0.0500. The van der Waals surface area contributed by atoms with Crippen LogP contribution < -0.4 is 5.32 Å². The van der Waals surface area contributed by atoms with E-state index in [-0.39, 0.29) is 11.6 Å². The van der Waals surface area contributed by atoms with E-state index in [0.717, 1.165) is 11.1 Å². The fraction of sp³-hybridized carbons (Fsp3) is 0.238. The monoisotopic (exact) mass is 367 g/mol. The summed E-state index contributed by atoms with van der Waals surface area (Å²) in [7, 11) is 0. The number of amides is 1. The molecule has 0 radical (unpaired) electrons. The molecule has 0 fully saturated rings. The second-order valence-electron chi connectivity index (χ2n) is 6.32. The number of halogens is 1. The first-order valence-corrected chi connectivity index (χ1v) is 8.77. The molecule has 2 rings (SSSR count). The molecular formula is C21H22ClN3O. The minimum Gasteiger partial charge on any atom is -0.369 e. The SMILES string of the molecule is Cc1ccc(Cl)cc1NC(=O)/C(C#N)=C\N(Cc1ccccc1)C(C)C. The molecule has 0 heterocycles. The summed E-state index contributed by atoms with van der Waals surface area (Å²) in [5, 5.41) is 12.8. The lowest BCUT2D eigenvalue weighted by molar-refractivity contribution is -0.112. The summed E-state index contributed by atoms with van der Waals surface area (Å²) < 4.78 is 0. The van der Waals surface area contributed by atoms with Gasteiger partial charge in [-0.05, 0) is 44.0 Å². The zero-order valence-electron chi connectivity index (χ0n) is 15.2. The van der Waals surface area contributed by atoms with Gasteiger partial charge in [-0.2, -0.15) is 5.26 Å². The van der Waals surface area contributed by atoms with E-state index in [0.29, 0.717) is 17.3 Å². The number of aryl methyl sites for hydroxylation is 1. The molecule has 1 N–H and O–H groups in total. The van der Waals surface area contributed by atoms with Gasteiger partial charge in [-0.1, -0.05) is 48.0 Å². The van der Waals surface area contributed by atoms with Crippen LogP contribution in [-0.4, -0.2) is 16.8 Å². The third-order valence-corrected chi connectivity index (χ3v) is 4.21. The molecule has 0 atom stereocenters. The van der Waals surface area contributed by atoms with Crippen molar-refractivity contribution in [3.8, 4) is 6.07 Å². The van der Waals surface area contributed by atoms with Gasteiger partial charge in [0.2, 0.25) is 0 Å². The van der Waals surface area contributed by atoms with Crippen LogP contribution in [0.15, 0.2) is 60.3 Å². The smallest absolute Gasteiger partial charge is 0.267 e. The van der Waals surface area contributed by atoms with Gasteiger partial charge in [0.05, 0.1) is 0 Å². The topological polar surface area (TPSA) is 56.1 Å². The number of nitrogens with zero attached hydrogens (tertiary/aromatic N) is 2. The number of hydrogen-bond acceptors (Lipinski definition) is 3. The Morgan fingerprint density at radius 2 is 1.96 bits per heavy atom. The van der Waals surface area contributed by atoms with Crippen molar-refractivity contribution in [1.82, 2.24) is 4.90 Å². The van der Waals surface area contributed by atoms with Gasteiger partial charge in [-0.25, -0.2) is 0 Å². The highest BCUT2D eigenvalue weighted by atomic mass is 35.5. The summed E-state index contributed by atoms with van der Waals surface area (Å²) in [6, 6.07) is 17.3. The van der Waals surface area contributed by atoms with E-state index in [2.05, 4.69) is 5.32 Å². The van der Waals surface area contributed by atoms with Crippen LogP contribution in [0.1, 0.15) is 25.0 Å². The average molecular weight is 368 g/mol. The summed E-state index contributed by atoms with van der Waals surface area (Å²) in [6.45, 7) is 6.53. The molecule has 2 aromatic carbocycles.